The van der Waals surface area contributed by atoms with Crippen molar-refractivity contribution in [3.05, 3.63) is 45.2 Å². The van der Waals surface area contributed by atoms with E-state index < -0.39 is 5.41 Å². The Bertz CT molecular complexity index is 910. The number of oxime groups is 1. The van der Waals surface area contributed by atoms with Crippen LogP contribution < -0.4 is 0 Å². The van der Waals surface area contributed by atoms with Crippen LogP contribution >= 0.6 is 0 Å². The first-order chi connectivity index (χ1) is 13.3. The number of aliphatic hydroxyl groups is 1. The van der Waals surface area contributed by atoms with Crippen molar-refractivity contribution >= 4 is 17.3 Å². The maximum atomic E-state index is 13.1. The maximum absolute atomic E-state index is 13.1. The number of carbonyl (C=O) groups is 2. The molecule has 1 spiro atoms. The van der Waals surface area contributed by atoms with Crippen LogP contribution in [0.25, 0.3) is 0 Å². The molecule has 0 bridgehead atoms. The highest BCUT2D eigenvalue weighted by atomic mass is 16.6. The van der Waals surface area contributed by atoms with Crippen molar-refractivity contribution in [1.82, 2.24) is 0 Å². The van der Waals surface area contributed by atoms with Gasteiger partial charge in [-0.1, -0.05) is 18.1 Å². The molecular weight excluding hydrogens is 354 g/mol. The summed E-state index contributed by atoms with van der Waals surface area (Å²) in [6.45, 7) is 9.67. The minimum absolute atomic E-state index is 0.0413. The average Bonchev–Trinajstić information content (AvgIpc) is 2.94. The van der Waals surface area contributed by atoms with Gasteiger partial charge >= 0.3 is 0 Å². The molecule has 2 aliphatic rings. The number of hydrogen-bond donors (Lipinski definition) is 1. The molecule has 5 heteroatoms. The zero-order chi connectivity index (χ0) is 20.6. The van der Waals surface area contributed by atoms with Crippen LogP contribution in [0.2, 0.25) is 0 Å². The molecule has 0 saturated heterocycles. The number of ketones is 2. The zero-order valence-electron chi connectivity index (χ0n) is 17.4. The number of Topliss-reactive ketones (excluding diaryl/α,β-unsaturated/α-hetero) is 2. The van der Waals surface area contributed by atoms with Gasteiger partial charge in [0.25, 0.3) is 0 Å². The van der Waals surface area contributed by atoms with Gasteiger partial charge in [-0.3, -0.25) is 9.59 Å². The van der Waals surface area contributed by atoms with Gasteiger partial charge in [0, 0.05) is 23.8 Å². The van der Waals surface area contributed by atoms with E-state index in [4.69, 9.17) is 4.84 Å². The second-order valence-electron chi connectivity index (χ2n) is 7.97. The summed E-state index contributed by atoms with van der Waals surface area (Å²) in [5.41, 5.74) is 5.35. The molecular formula is C23H29NO4. The number of aryl methyl sites for hydroxylation is 2. The highest BCUT2D eigenvalue weighted by Gasteiger charge is 2.47. The van der Waals surface area contributed by atoms with Crippen LogP contribution in [-0.4, -0.2) is 29.0 Å². The van der Waals surface area contributed by atoms with E-state index in [1.165, 1.54) is 5.56 Å². The second kappa shape index (κ2) is 7.53. The van der Waals surface area contributed by atoms with Crippen LogP contribution in [0.5, 0.6) is 0 Å². The lowest BCUT2D eigenvalue weighted by molar-refractivity contribution is -0.117. The normalized spacial score (nSPS) is 22.0. The Hall–Kier alpha value is -2.43. The van der Waals surface area contributed by atoms with Gasteiger partial charge in [-0.15, -0.1) is 0 Å². The number of allylic oxidation sites excluding steroid dienone is 2. The van der Waals surface area contributed by atoms with E-state index in [1.54, 1.807) is 6.92 Å². The summed E-state index contributed by atoms with van der Waals surface area (Å²) in [4.78, 5) is 30.5. The number of benzene rings is 1. The van der Waals surface area contributed by atoms with E-state index in [1.807, 2.05) is 27.7 Å². The van der Waals surface area contributed by atoms with E-state index in [0.29, 0.717) is 37.2 Å². The monoisotopic (exact) mass is 383 g/mol. The molecule has 28 heavy (non-hydrogen) atoms. The summed E-state index contributed by atoms with van der Waals surface area (Å²) in [6.07, 6.45) is 2.90. The van der Waals surface area contributed by atoms with Crippen molar-refractivity contribution in [2.75, 3.05) is 6.61 Å². The molecule has 2 aliphatic carbocycles. The topological polar surface area (TPSA) is 76.0 Å². The first-order valence-corrected chi connectivity index (χ1v) is 10.0. The fourth-order valence-corrected chi connectivity index (χ4v) is 5.18. The van der Waals surface area contributed by atoms with Crippen LogP contribution in [0.3, 0.4) is 0 Å². The van der Waals surface area contributed by atoms with Gasteiger partial charge in [-0.05, 0) is 69.2 Å². The third kappa shape index (κ3) is 3.17. The Labute approximate surface area is 166 Å². The molecule has 0 aliphatic heterocycles. The summed E-state index contributed by atoms with van der Waals surface area (Å²) in [6, 6.07) is 2.09. The van der Waals surface area contributed by atoms with Gasteiger partial charge in [0.15, 0.2) is 11.6 Å². The van der Waals surface area contributed by atoms with Crippen molar-refractivity contribution in [2.24, 2.45) is 5.16 Å². The molecule has 1 aromatic rings. The minimum atomic E-state index is -0.438. The van der Waals surface area contributed by atoms with E-state index in [9.17, 15) is 14.7 Å². The summed E-state index contributed by atoms with van der Waals surface area (Å²) in [7, 11) is 0. The molecule has 150 valence electrons. The van der Waals surface area contributed by atoms with E-state index in [2.05, 4.69) is 11.2 Å². The maximum Gasteiger partial charge on any atom is 0.169 e. The predicted molar refractivity (Wildman–Crippen MR) is 109 cm³/mol. The molecule has 0 radical (unpaired) electrons. The lowest BCUT2D eigenvalue weighted by atomic mass is 9.67. The molecule has 1 N–H and O–H groups in total. The van der Waals surface area contributed by atoms with Crippen LogP contribution in [0.15, 0.2) is 22.6 Å². The second-order valence-corrected chi connectivity index (χ2v) is 7.97. The molecule has 1 aromatic carbocycles. The molecule has 0 aromatic heterocycles. The lowest BCUT2D eigenvalue weighted by Gasteiger charge is -2.36. The molecule has 0 heterocycles. The SMILES string of the molecule is CCON=C(CC)C1=C(O)CC2(CCc3cc(C)c(C(C)=O)c(C)c32)CC1=O. The largest absolute Gasteiger partial charge is 0.511 e. The van der Waals surface area contributed by atoms with Gasteiger partial charge in [-0.2, -0.15) is 0 Å². The molecule has 1 atom stereocenters. The highest BCUT2D eigenvalue weighted by Crippen LogP contribution is 2.51. The molecule has 0 saturated carbocycles. The third-order valence-corrected chi connectivity index (χ3v) is 6.11. The Morgan fingerprint density at radius 2 is 2.00 bits per heavy atom. The van der Waals surface area contributed by atoms with Crippen molar-refractivity contribution in [3.63, 3.8) is 0 Å². The van der Waals surface area contributed by atoms with Gasteiger partial charge in [-0.25, -0.2) is 0 Å². The molecule has 1 unspecified atom stereocenters. The van der Waals surface area contributed by atoms with Crippen molar-refractivity contribution < 1.29 is 19.5 Å². The molecule has 5 nitrogen and oxygen atoms in total. The smallest absolute Gasteiger partial charge is 0.169 e. The summed E-state index contributed by atoms with van der Waals surface area (Å²) in [5.74, 6) is 0.0366. The number of fused-ring (bicyclic) bond motifs is 2. The number of hydrogen-bond acceptors (Lipinski definition) is 5. The first-order valence-electron chi connectivity index (χ1n) is 10.0. The Balaban J connectivity index is 2.11. The van der Waals surface area contributed by atoms with Gasteiger partial charge < -0.3 is 9.94 Å². The van der Waals surface area contributed by atoms with Crippen LogP contribution in [0.4, 0.5) is 0 Å². The van der Waals surface area contributed by atoms with Crippen LogP contribution in [-0.2, 0) is 21.5 Å². The quantitative estimate of drug-likeness (QED) is 0.455. The molecule has 0 fully saturated rings. The van der Waals surface area contributed by atoms with Crippen molar-refractivity contribution in [3.8, 4) is 0 Å². The van der Waals surface area contributed by atoms with Gasteiger partial charge in [0.1, 0.15) is 12.4 Å². The highest BCUT2D eigenvalue weighted by molar-refractivity contribution is 6.23. The molecule has 3 rings (SSSR count). The fourth-order valence-electron chi connectivity index (χ4n) is 5.18. The van der Waals surface area contributed by atoms with Crippen LogP contribution in [0, 0.1) is 13.8 Å². The zero-order valence-corrected chi connectivity index (χ0v) is 17.4. The van der Waals surface area contributed by atoms with Gasteiger partial charge in [0.2, 0.25) is 0 Å². The summed E-state index contributed by atoms with van der Waals surface area (Å²) in [5, 5.41) is 14.9. The van der Waals surface area contributed by atoms with Gasteiger partial charge in [0.05, 0.1) is 11.3 Å². The Morgan fingerprint density at radius 1 is 1.29 bits per heavy atom. The Morgan fingerprint density at radius 3 is 2.57 bits per heavy atom. The average molecular weight is 383 g/mol. The first kappa shape index (κ1) is 20.3. The van der Waals surface area contributed by atoms with Crippen molar-refractivity contribution in [1.29, 1.82) is 0 Å². The van der Waals surface area contributed by atoms with E-state index >= 15 is 0 Å². The van der Waals surface area contributed by atoms with Crippen molar-refractivity contribution in [2.45, 2.75) is 72.1 Å². The van der Waals surface area contributed by atoms with Crippen LogP contribution in [0.1, 0.15) is 79.1 Å². The summed E-state index contributed by atoms with van der Waals surface area (Å²) < 4.78 is 0. The van der Waals surface area contributed by atoms with E-state index in [0.717, 1.165) is 35.1 Å². The standard InChI is InChI=1S/C23H29NO4/c1-6-17(24-28-7-2)21-18(26)11-23(12-19(21)27)9-8-16-10-13(3)20(15(5)25)14(4)22(16)23/h10,26H,6-9,11-12H2,1-5H3. The number of carbonyl (C=O) groups excluding carboxylic acids is 2. The Kier molecular flexibility index (Phi) is 5.46. The minimum Gasteiger partial charge on any atom is -0.511 e. The third-order valence-electron chi connectivity index (χ3n) is 6.11. The fraction of sp³-hybridized carbons (Fsp3) is 0.522. The molecule has 0 amide bonds. The summed E-state index contributed by atoms with van der Waals surface area (Å²) >= 11 is 0. The number of rotatable bonds is 5. The lowest BCUT2D eigenvalue weighted by Crippen LogP contribution is -2.36. The number of nitrogens with zero attached hydrogens (tertiary/aromatic N) is 1. The number of aliphatic hydroxyl groups excluding tert-OH is 1. The predicted octanol–water partition coefficient (Wildman–Crippen LogP) is 4.67. The van der Waals surface area contributed by atoms with E-state index in [-0.39, 0.29) is 17.3 Å².